The highest BCUT2D eigenvalue weighted by atomic mass is 16.5. The van der Waals surface area contributed by atoms with Gasteiger partial charge in [-0.15, -0.1) is 0 Å². The van der Waals surface area contributed by atoms with Crippen LogP contribution in [0.4, 0.5) is 5.82 Å². The monoisotopic (exact) mass is 270 g/mol. The average Bonchev–Trinajstić information content (AvgIpc) is 2.47. The quantitative estimate of drug-likeness (QED) is 0.801. The van der Waals surface area contributed by atoms with E-state index in [1.165, 1.54) is 12.7 Å². The maximum atomic E-state index is 11.5. The van der Waals surface area contributed by atoms with Gasteiger partial charge in [0.05, 0.1) is 12.7 Å². The van der Waals surface area contributed by atoms with Gasteiger partial charge in [0.15, 0.2) is 0 Å². The summed E-state index contributed by atoms with van der Waals surface area (Å²) in [6, 6.07) is 12.0. The van der Waals surface area contributed by atoms with E-state index < -0.39 is 0 Å². The van der Waals surface area contributed by atoms with E-state index >= 15 is 0 Å². The Morgan fingerprint density at radius 3 is 2.60 bits per heavy atom. The first kappa shape index (κ1) is 14.1. The normalized spacial score (nSPS) is 10.2. The minimum absolute atomic E-state index is 0.363. The zero-order valence-corrected chi connectivity index (χ0v) is 12.0. The Labute approximate surface area is 119 Å². The number of benzene rings is 1. The number of carbonyl (C=O) groups is 1. The van der Waals surface area contributed by atoms with E-state index in [1.54, 1.807) is 12.3 Å². The fraction of sp³-hybridized carbons (Fsp3) is 0.250. The van der Waals surface area contributed by atoms with Crippen molar-refractivity contribution in [3.8, 4) is 0 Å². The Morgan fingerprint density at radius 1 is 1.30 bits per heavy atom. The Morgan fingerprint density at radius 2 is 2.00 bits per heavy atom. The number of rotatable bonds is 4. The number of anilines is 1. The number of aromatic nitrogens is 1. The molecular weight excluding hydrogens is 252 g/mol. The molecule has 0 saturated heterocycles. The molecule has 1 heterocycles. The number of carbonyl (C=O) groups excluding carboxylic acids is 1. The van der Waals surface area contributed by atoms with Gasteiger partial charge in [-0.25, -0.2) is 9.78 Å². The Hall–Kier alpha value is -2.36. The predicted molar refractivity (Wildman–Crippen MR) is 78.9 cm³/mol. The van der Waals surface area contributed by atoms with Gasteiger partial charge in [0, 0.05) is 19.8 Å². The van der Waals surface area contributed by atoms with Crippen molar-refractivity contribution >= 4 is 11.8 Å². The van der Waals surface area contributed by atoms with Crippen LogP contribution >= 0.6 is 0 Å². The number of aryl methyl sites for hydroxylation is 1. The molecule has 0 N–H and O–H groups in total. The molecule has 1 aromatic carbocycles. The standard InChI is InChI=1S/C16H18N2O2/c1-12-9-14(16(19)20-3)10-17-15(12)18(2)11-13-7-5-4-6-8-13/h4-10H,11H2,1-3H3. The van der Waals surface area contributed by atoms with Crippen LogP contribution < -0.4 is 4.90 Å². The van der Waals surface area contributed by atoms with Gasteiger partial charge in [-0.3, -0.25) is 0 Å². The van der Waals surface area contributed by atoms with Gasteiger partial charge in [0.1, 0.15) is 5.82 Å². The van der Waals surface area contributed by atoms with Gasteiger partial charge in [-0.2, -0.15) is 0 Å². The summed E-state index contributed by atoms with van der Waals surface area (Å²) >= 11 is 0. The highest BCUT2D eigenvalue weighted by Gasteiger charge is 2.11. The number of ether oxygens (including phenoxy) is 1. The Bertz CT molecular complexity index is 597. The molecule has 0 saturated carbocycles. The highest BCUT2D eigenvalue weighted by molar-refractivity contribution is 5.89. The van der Waals surface area contributed by atoms with Crippen LogP contribution in [-0.4, -0.2) is 25.1 Å². The number of pyridine rings is 1. The second-order valence-electron chi connectivity index (χ2n) is 4.70. The molecule has 4 heteroatoms. The Balaban J connectivity index is 2.18. The van der Waals surface area contributed by atoms with Crippen molar-refractivity contribution in [3.63, 3.8) is 0 Å². The van der Waals surface area contributed by atoms with E-state index in [0.717, 1.165) is 17.9 Å². The third kappa shape index (κ3) is 3.15. The summed E-state index contributed by atoms with van der Waals surface area (Å²) in [5.41, 5.74) is 2.64. The van der Waals surface area contributed by atoms with Crippen molar-refractivity contribution < 1.29 is 9.53 Å². The fourth-order valence-electron chi connectivity index (χ4n) is 2.13. The van der Waals surface area contributed by atoms with Crippen molar-refractivity contribution in [2.75, 3.05) is 19.1 Å². The lowest BCUT2D eigenvalue weighted by atomic mass is 10.1. The van der Waals surface area contributed by atoms with Crippen LogP contribution in [0.15, 0.2) is 42.6 Å². The molecular formula is C16H18N2O2. The number of hydrogen-bond acceptors (Lipinski definition) is 4. The molecule has 0 aliphatic carbocycles. The zero-order chi connectivity index (χ0) is 14.5. The molecule has 0 fully saturated rings. The van der Waals surface area contributed by atoms with Gasteiger partial charge in [0.25, 0.3) is 0 Å². The predicted octanol–water partition coefficient (Wildman–Crippen LogP) is 2.81. The topological polar surface area (TPSA) is 42.4 Å². The molecule has 0 aliphatic rings. The van der Waals surface area contributed by atoms with Crippen molar-refractivity contribution in [1.82, 2.24) is 4.98 Å². The molecule has 0 atom stereocenters. The van der Waals surface area contributed by atoms with Gasteiger partial charge in [-0.1, -0.05) is 30.3 Å². The smallest absolute Gasteiger partial charge is 0.339 e. The molecule has 2 rings (SSSR count). The molecule has 2 aromatic rings. The minimum atomic E-state index is -0.363. The molecule has 4 nitrogen and oxygen atoms in total. The zero-order valence-electron chi connectivity index (χ0n) is 12.0. The van der Waals surface area contributed by atoms with Crippen LogP contribution in [0.25, 0.3) is 0 Å². The van der Waals surface area contributed by atoms with Crippen LogP contribution in [0, 0.1) is 6.92 Å². The van der Waals surface area contributed by atoms with E-state index in [9.17, 15) is 4.79 Å². The summed E-state index contributed by atoms with van der Waals surface area (Å²) in [6.45, 7) is 2.71. The van der Waals surface area contributed by atoms with Crippen molar-refractivity contribution in [1.29, 1.82) is 0 Å². The lowest BCUT2D eigenvalue weighted by Gasteiger charge is -2.20. The molecule has 0 bridgehead atoms. The highest BCUT2D eigenvalue weighted by Crippen LogP contribution is 2.19. The van der Waals surface area contributed by atoms with Crippen molar-refractivity contribution in [2.45, 2.75) is 13.5 Å². The number of nitrogens with zero attached hydrogens (tertiary/aromatic N) is 2. The molecule has 20 heavy (non-hydrogen) atoms. The lowest BCUT2D eigenvalue weighted by Crippen LogP contribution is -2.19. The molecule has 0 spiro atoms. The number of methoxy groups -OCH3 is 1. The summed E-state index contributed by atoms with van der Waals surface area (Å²) in [5.74, 6) is 0.499. The second kappa shape index (κ2) is 6.19. The molecule has 0 unspecified atom stereocenters. The summed E-state index contributed by atoms with van der Waals surface area (Å²) in [6.07, 6.45) is 1.55. The lowest BCUT2D eigenvalue weighted by molar-refractivity contribution is 0.0600. The minimum Gasteiger partial charge on any atom is -0.465 e. The summed E-state index contributed by atoms with van der Waals surface area (Å²) in [4.78, 5) is 17.9. The first-order valence-corrected chi connectivity index (χ1v) is 6.42. The van der Waals surface area contributed by atoms with Crippen molar-refractivity contribution in [3.05, 3.63) is 59.3 Å². The summed E-state index contributed by atoms with van der Waals surface area (Å²) < 4.78 is 4.69. The van der Waals surface area contributed by atoms with Gasteiger partial charge >= 0.3 is 5.97 Å². The van der Waals surface area contributed by atoms with E-state index in [1.807, 2.05) is 32.2 Å². The summed E-state index contributed by atoms with van der Waals surface area (Å²) in [5, 5.41) is 0. The second-order valence-corrected chi connectivity index (χ2v) is 4.70. The number of esters is 1. The Kier molecular flexibility index (Phi) is 4.35. The first-order valence-electron chi connectivity index (χ1n) is 6.42. The largest absolute Gasteiger partial charge is 0.465 e. The van der Waals surface area contributed by atoms with E-state index in [0.29, 0.717) is 5.56 Å². The third-order valence-electron chi connectivity index (χ3n) is 3.10. The number of hydrogen-bond donors (Lipinski definition) is 0. The summed E-state index contributed by atoms with van der Waals surface area (Å²) in [7, 11) is 3.35. The van der Waals surface area contributed by atoms with Crippen LogP contribution in [0.1, 0.15) is 21.5 Å². The van der Waals surface area contributed by atoms with Crippen LogP contribution in [0.2, 0.25) is 0 Å². The van der Waals surface area contributed by atoms with Crippen molar-refractivity contribution in [2.24, 2.45) is 0 Å². The van der Waals surface area contributed by atoms with Gasteiger partial charge in [0.2, 0.25) is 0 Å². The van der Waals surface area contributed by atoms with E-state index in [2.05, 4.69) is 22.0 Å². The molecule has 0 amide bonds. The van der Waals surface area contributed by atoms with Crippen LogP contribution in [0.5, 0.6) is 0 Å². The molecule has 0 radical (unpaired) electrons. The first-order chi connectivity index (χ1) is 9.61. The molecule has 0 aliphatic heterocycles. The van der Waals surface area contributed by atoms with E-state index in [-0.39, 0.29) is 5.97 Å². The maximum Gasteiger partial charge on any atom is 0.339 e. The molecule has 104 valence electrons. The molecule has 1 aromatic heterocycles. The van der Waals surface area contributed by atoms with Crippen LogP contribution in [0.3, 0.4) is 0 Å². The van der Waals surface area contributed by atoms with Gasteiger partial charge in [-0.05, 0) is 24.1 Å². The van der Waals surface area contributed by atoms with E-state index in [4.69, 9.17) is 4.74 Å². The fourth-order valence-corrected chi connectivity index (χ4v) is 2.13. The third-order valence-corrected chi connectivity index (χ3v) is 3.10. The van der Waals surface area contributed by atoms with Crippen LogP contribution in [-0.2, 0) is 11.3 Å². The SMILES string of the molecule is COC(=O)c1cnc(N(C)Cc2ccccc2)c(C)c1. The maximum absolute atomic E-state index is 11.5. The van der Waals surface area contributed by atoms with Gasteiger partial charge < -0.3 is 9.64 Å². The average molecular weight is 270 g/mol.